The van der Waals surface area contributed by atoms with E-state index in [1.54, 1.807) is 0 Å². The van der Waals surface area contributed by atoms with Crippen LogP contribution in [0, 0.1) is 27.7 Å². The Labute approximate surface area is 147 Å². The van der Waals surface area contributed by atoms with Crippen molar-refractivity contribution in [2.45, 2.75) is 46.6 Å². The van der Waals surface area contributed by atoms with Crippen LogP contribution in [0.1, 0.15) is 35.6 Å². The average molecular weight is 340 g/mol. The molecular formula is C19H24N4O2. The molecular weight excluding hydrogens is 316 g/mol. The van der Waals surface area contributed by atoms with Crippen LogP contribution in [-0.2, 0) is 4.74 Å². The number of aryl methyl sites for hydroxylation is 3. The standard InChI is InChI=1S/C19H24N4O2/c1-11-8-16(14(4)25-11)17-9-18-21-13(3)12(2)19(23(18)22-17)20-10-15-6-5-7-24-15/h8-9,15,20H,5-7,10H2,1-4H3/t15-/m0/s1. The minimum absolute atomic E-state index is 0.275. The lowest BCUT2D eigenvalue weighted by Crippen LogP contribution is -2.21. The van der Waals surface area contributed by atoms with Gasteiger partial charge in [-0.2, -0.15) is 9.61 Å². The van der Waals surface area contributed by atoms with Crippen LogP contribution in [0.5, 0.6) is 0 Å². The first-order valence-corrected chi connectivity index (χ1v) is 8.83. The Morgan fingerprint density at radius 3 is 2.76 bits per heavy atom. The van der Waals surface area contributed by atoms with Crippen LogP contribution in [0.2, 0.25) is 0 Å². The third-order valence-corrected chi connectivity index (χ3v) is 4.92. The first-order valence-electron chi connectivity index (χ1n) is 8.83. The summed E-state index contributed by atoms with van der Waals surface area (Å²) in [5.41, 5.74) is 4.86. The Kier molecular flexibility index (Phi) is 4.00. The van der Waals surface area contributed by atoms with Crippen molar-refractivity contribution in [2.24, 2.45) is 0 Å². The molecule has 25 heavy (non-hydrogen) atoms. The fourth-order valence-corrected chi connectivity index (χ4v) is 3.44. The van der Waals surface area contributed by atoms with Gasteiger partial charge in [-0.3, -0.25) is 0 Å². The molecule has 1 N–H and O–H groups in total. The molecule has 6 nitrogen and oxygen atoms in total. The van der Waals surface area contributed by atoms with E-state index in [-0.39, 0.29) is 6.10 Å². The average Bonchev–Trinajstić information content (AvgIpc) is 3.28. The van der Waals surface area contributed by atoms with Gasteiger partial charge in [-0.05, 0) is 46.6 Å². The topological polar surface area (TPSA) is 64.6 Å². The molecule has 1 saturated heterocycles. The van der Waals surface area contributed by atoms with Crippen LogP contribution < -0.4 is 5.32 Å². The second kappa shape index (κ2) is 6.19. The molecule has 1 fully saturated rings. The van der Waals surface area contributed by atoms with Crippen LogP contribution in [0.3, 0.4) is 0 Å². The van der Waals surface area contributed by atoms with Crippen molar-refractivity contribution in [3.05, 3.63) is 34.9 Å². The summed E-state index contributed by atoms with van der Waals surface area (Å²) in [4.78, 5) is 4.70. The maximum Gasteiger partial charge on any atom is 0.158 e. The lowest BCUT2D eigenvalue weighted by Gasteiger charge is -2.15. The van der Waals surface area contributed by atoms with Gasteiger partial charge in [0.2, 0.25) is 0 Å². The third-order valence-electron chi connectivity index (χ3n) is 4.92. The number of aromatic nitrogens is 3. The number of nitrogens with zero attached hydrogens (tertiary/aromatic N) is 3. The zero-order valence-electron chi connectivity index (χ0n) is 15.2. The number of furan rings is 1. The van der Waals surface area contributed by atoms with Gasteiger partial charge in [-0.1, -0.05) is 0 Å². The number of anilines is 1. The SMILES string of the molecule is Cc1cc(-c2cc3nc(C)c(C)c(NC[C@@H]4CCCO4)n3n2)c(C)o1. The summed E-state index contributed by atoms with van der Waals surface area (Å²) < 4.78 is 13.3. The van der Waals surface area contributed by atoms with Gasteiger partial charge >= 0.3 is 0 Å². The Balaban J connectivity index is 1.75. The van der Waals surface area contributed by atoms with E-state index < -0.39 is 0 Å². The van der Waals surface area contributed by atoms with E-state index in [0.717, 1.165) is 71.5 Å². The first-order chi connectivity index (χ1) is 12.0. The molecule has 0 aliphatic carbocycles. The molecule has 1 aliphatic rings. The zero-order chi connectivity index (χ0) is 17.6. The molecule has 0 radical (unpaired) electrons. The van der Waals surface area contributed by atoms with Gasteiger partial charge in [0.25, 0.3) is 0 Å². The Morgan fingerprint density at radius 1 is 1.24 bits per heavy atom. The van der Waals surface area contributed by atoms with Crippen molar-refractivity contribution in [3.63, 3.8) is 0 Å². The summed E-state index contributed by atoms with van der Waals surface area (Å²) in [6.45, 7) is 9.68. The third kappa shape index (κ3) is 2.91. The minimum Gasteiger partial charge on any atom is -0.466 e. The molecule has 132 valence electrons. The molecule has 0 aromatic carbocycles. The molecule has 0 saturated carbocycles. The van der Waals surface area contributed by atoms with E-state index in [9.17, 15) is 0 Å². The molecule has 3 aromatic heterocycles. The number of rotatable bonds is 4. The van der Waals surface area contributed by atoms with Crippen molar-refractivity contribution in [3.8, 4) is 11.3 Å². The summed E-state index contributed by atoms with van der Waals surface area (Å²) >= 11 is 0. The van der Waals surface area contributed by atoms with Crippen LogP contribution in [0.25, 0.3) is 16.9 Å². The van der Waals surface area contributed by atoms with Crippen LogP contribution >= 0.6 is 0 Å². The molecule has 4 heterocycles. The Bertz CT molecular complexity index is 919. The Morgan fingerprint density at radius 2 is 2.08 bits per heavy atom. The largest absolute Gasteiger partial charge is 0.466 e. The lowest BCUT2D eigenvalue weighted by molar-refractivity contribution is 0.120. The number of ether oxygens (including phenoxy) is 1. The first kappa shape index (κ1) is 16.1. The van der Waals surface area contributed by atoms with Gasteiger partial charge in [0.15, 0.2) is 5.65 Å². The van der Waals surface area contributed by atoms with Gasteiger partial charge in [-0.15, -0.1) is 0 Å². The van der Waals surface area contributed by atoms with Gasteiger partial charge in [0.05, 0.1) is 11.8 Å². The molecule has 1 aliphatic heterocycles. The van der Waals surface area contributed by atoms with Crippen LogP contribution in [0.15, 0.2) is 16.5 Å². The highest BCUT2D eigenvalue weighted by Gasteiger charge is 2.19. The van der Waals surface area contributed by atoms with Gasteiger partial charge in [-0.25, -0.2) is 4.98 Å². The molecule has 0 spiro atoms. The van der Waals surface area contributed by atoms with E-state index in [1.165, 1.54) is 0 Å². The smallest absolute Gasteiger partial charge is 0.158 e. The van der Waals surface area contributed by atoms with Crippen LogP contribution in [-0.4, -0.2) is 33.9 Å². The minimum atomic E-state index is 0.275. The summed E-state index contributed by atoms with van der Waals surface area (Å²) in [6, 6.07) is 4.04. The van der Waals surface area contributed by atoms with Crippen LogP contribution in [0.4, 0.5) is 5.82 Å². The van der Waals surface area contributed by atoms with Crippen molar-refractivity contribution >= 4 is 11.5 Å². The van der Waals surface area contributed by atoms with Crippen molar-refractivity contribution < 1.29 is 9.15 Å². The van der Waals surface area contributed by atoms with E-state index >= 15 is 0 Å². The highest BCUT2D eigenvalue weighted by atomic mass is 16.5. The Hall–Kier alpha value is -2.34. The van der Waals surface area contributed by atoms with Crippen molar-refractivity contribution in [1.82, 2.24) is 14.6 Å². The summed E-state index contributed by atoms with van der Waals surface area (Å²) in [5, 5.41) is 8.33. The fraction of sp³-hybridized carbons (Fsp3) is 0.474. The predicted octanol–water partition coefficient (Wildman–Crippen LogP) is 3.81. The monoisotopic (exact) mass is 340 g/mol. The second-order valence-corrected chi connectivity index (χ2v) is 6.81. The van der Waals surface area contributed by atoms with E-state index in [1.807, 2.05) is 37.4 Å². The molecule has 1 atom stereocenters. The highest BCUT2D eigenvalue weighted by Crippen LogP contribution is 2.28. The quantitative estimate of drug-likeness (QED) is 0.782. The molecule has 3 aromatic rings. The number of fused-ring (bicyclic) bond motifs is 1. The van der Waals surface area contributed by atoms with Crippen molar-refractivity contribution in [1.29, 1.82) is 0 Å². The molecule has 0 amide bonds. The maximum atomic E-state index is 5.73. The number of hydrogen-bond donors (Lipinski definition) is 1. The predicted molar refractivity (Wildman–Crippen MR) is 97.1 cm³/mol. The van der Waals surface area contributed by atoms with Gasteiger partial charge < -0.3 is 14.5 Å². The van der Waals surface area contributed by atoms with E-state index in [0.29, 0.717) is 0 Å². The van der Waals surface area contributed by atoms with Gasteiger partial charge in [0.1, 0.15) is 17.3 Å². The lowest BCUT2D eigenvalue weighted by atomic mass is 10.2. The second-order valence-electron chi connectivity index (χ2n) is 6.81. The molecule has 0 bridgehead atoms. The summed E-state index contributed by atoms with van der Waals surface area (Å²) in [7, 11) is 0. The molecule has 6 heteroatoms. The zero-order valence-corrected chi connectivity index (χ0v) is 15.2. The number of hydrogen-bond acceptors (Lipinski definition) is 5. The number of nitrogens with one attached hydrogen (secondary N) is 1. The van der Waals surface area contributed by atoms with Gasteiger partial charge in [0, 0.05) is 36.0 Å². The van der Waals surface area contributed by atoms with E-state index in [2.05, 4.69) is 12.2 Å². The summed E-state index contributed by atoms with van der Waals surface area (Å²) in [6.07, 6.45) is 2.52. The molecule has 4 rings (SSSR count). The molecule has 0 unspecified atom stereocenters. The summed E-state index contributed by atoms with van der Waals surface area (Å²) in [5.74, 6) is 2.76. The normalized spacial score (nSPS) is 17.5. The fourth-order valence-electron chi connectivity index (χ4n) is 3.44. The van der Waals surface area contributed by atoms with E-state index in [4.69, 9.17) is 19.2 Å². The van der Waals surface area contributed by atoms with Crippen molar-refractivity contribution in [2.75, 3.05) is 18.5 Å². The maximum absolute atomic E-state index is 5.73. The highest BCUT2D eigenvalue weighted by molar-refractivity contribution is 5.68.